The molecule has 1 aromatic carbocycles. The zero-order chi connectivity index (χ0) is 22.7. The molecule has 32 heavy (non-hydrogen) atoms. The Kier molecular flexibility index (Phi) is 6.72. The Labute approximate surface area is 190 Å². The van der Waals surface area contributed by atoms with Crippen LogP contribution in [0.1, 0.15) is 22.8 Å². The zero-order valence-electron chi connectivity index (χ0n) is 18.1. The van der Waals surface area contributed by atoms with Crippen LogP contribution in [0.2, 0.25) is 0 Å². The number of fused-ring (bicyclic) bond motifs is 1. The third-order valence-electron chi connectivity index (χ3n) is 5.50. The zero-order valence-corrected chi connectivity index (χ0v) is 18.9. The third kappa shape index (κ3) is 4.61. The summed E-state index contributed by atoms with van der Waals surface area (Å²) in [5.41, 5.74) is 1.88. The molecule has 0 radical (unpaired) electrons. The standard InChI is InChI=1S/C24H25FN4O2S/c1-3-32-24-22-18(14-20(25)23(24)28-11-9-27(2)10-12-28)13-19(16-29(22)31)21(30)7-6-17-5-4-8-26-15-17/h4-8,13-16H,3,9-12H2,1-2H3. The summed E-state index contributed by atoms with van der Waals surface area (Å²) < 4.78 is 16.0. The molecule has 0 amide bonds. The van der Waals surface area contributed by atoms with Crippen molar-refractivity contribution in [1.29, 1.82) is 0 Å². The highest BCUT2D eigenvalue weighted by atomic mass is 32.2. The average Bonchev–Trinajstić information content (AvgIpc) is 2.79. The number of benzene rings is 1. The first-order valence-corrected chi connectivity index (χ1v) is 11.5. The number of hydrogen-bond donors (Lipinski definition) is 0. The van der Waals surface area contributed by atoms with E-state index in [-0.39, 0.29) is 17.2 Å². The number of allylic oxidation sites excluding steroid dienone is 1. The van der Waals surface area contributed by atoms with Crippen molar-refractivity contribution < 1.29 is 13.9 Å². The number of carbonyl (C=O) groups excluding carboxylic acids is 1. The summed E-state index contributed by atoms with van der Waals surface area (Å²) in [6.07, 6.45) is 7.61. The number of piperazine rings is 1. The number of halogens is 1. The minimum Gasteiger partial charge on any atom is -0.618 e. The maximum absolute atomic E-state index is 15.3. The number of likely N-dealkylation sites (N-methyl/N-ethyl adjacent to an activating group) is 1. The van der Waals surface area contributed by atoms with E-state index in [4.69, 9.17) is 0 Å². The van der Waals surface area contributed by atoms with E-state index in [0.717, 1.165) is 18.7 Å². The number of hydrogen-bond acceptors (Lipinski definition) is 6. The summed E-state index contributed by atoms with van der Waals surface area (Å²) >= 11 is 1.45. The molecule has 2 aromatic heterocycles. The molecule has 0 unspecified atom stereocenters. The molecule has 1 saturated heterocycles. The summed E-state index contributed by atoms with van der Waals surface area (Å²) in [5, 5.41) is 13.5. The smallest absolute Gasteiger partial charge is 0.239 e. The van der Waals surface area contributed by atoms with Crippen molar-refractivity contribution in [1.82, 2.24) is 9.88 Å². The highest BCUT2D eigenvalue weighted by Crippen LogP contribution is 2.38. The van der Waals surface area contributed by atoms with Crippen LogP contribution in [0.4, 0.5) is 10.1 Å². The van der Waals surface area contributed by atoms with Gasteiger partial charge in [0.2, 0.25) is 5.52 Å². The molecule has 4 rings (SSSR count). The largest absolute Gasteiger partial charge is 0.618 e. The van der Waals surface area contributed by atoms with E-state index < -0.39 is 0 Å². The van der Waals surface area contributed by atoms with Crippen molar-refractivity contribution in [2.24, 2.45) is 0 Å². The van der Waals surface area contributed by atoms with Gasteiger partial charge in [-0.25, -0.2) is 4.39 Å². The van der Waals surface area contributed by atoms with Gasteiger partial charge in [-0.15, -0.1) is 11.8 Å². The van der Waals surface area contributed by atoms with E-state index in [9.17, 15) is 10.0 Å². The van der Waals surface area contributed by atoms with Crippen molar-refractivity contribution in [3.63, 3.8) is 0 Å². The lowest BCUT2D eigenvalue weighted by molar-refractivity contribution is -0.578. The fraction of sp³-hybridized carbons (Fsp3) is 0.292. The molecule has 0 spiro atoms. The maximum atomic E-state index is 15.3. The number of rotatable bonds is 6. The molecule has 1 aliphatic rings. The molecule has 8 heteroatoms. The molecular weight excluding hydrogens is 427 g/mol. The van der Waals surface area contributed by atoms with Crippen LogP contribution in [0.3, 0.4) is 0 Å². The van der Waals surface area contributed by atoms with E-state index in [0.29, 0.717) is 45.1 Å². The van der Waals surface area contributed by atoms with Crippen molar-refractivity contribution in [2.75, 3.05) is 43.9 Å². The fourth-order valence-electron chi connectivity index (χ4n) is 3.84. The number of pyridine rings is 2. The Hall–Kier alpha value is -2.97. The fourth-order valence-corrected chi connectivity index (χ4v) is 4.84. The summed E-state index contributed by atoms with van der Waals surface area (Å²) in [6.45, 7) is 5.05. The maximum Gasteiger partial charge on any atom is 0.239 e. The number of thioether (sulfide) groups is 1. The molecule has 3 heterocycles. The predicted octanol–water partition coefficient (Wildman–Crippen LogP) is 3.77. The lowest BCUT2D eigenvalue weighted by Crippen LogP contribution is -2.45. The van der Waals surface area contributed by atoms with Crippen molar-refractivity contribution >= 4 is 40.2 Å². The van der Waals surface area contributed by atoms with Crippen molar-refractivity contribution in [2.45, 2.75) is 11.8 Å². The summed E-state index contributed by atoms with van der Waals surface area (Å²) in [6, 6.07) is 6.57. The molecule has 0 atom stereocenters. The minimum atomic E-state index is -0.367. The van der Waals surface area contributed by atoms with E-state index in [1.807, 2.05) is 24.9 Å². The van der Waals surface area contributed by atoms with Gasteiger partial charge < -0.3 is 15.0 Å². The van der Waals surface area contributed by atoms with Crippen LogP contribution in [0.25, 0.3) is 17.0 Å². The molecule has 6 nitrogen and oxygen atoms in total. The third-order valence-corrected chi connectivity index (χ3v) is 6.47. The first kappa shape index (κ1) is 22.2. The van der Waals surface area contributed by atoms with Gasteiger partial charge in [-0.05, 0) is 48.7 Å². The van der Waals surface area contributed by atoms with Crippen LogP contribution in [-0.4, -0.2) is 54.6 Å². The SMILES string of the molecule is CCSc1c(N2CCN(C)CC2)c(F)cc2cc(C(=O)C=Cc3cccnc3)c[n+]([O-])c12. The van der Waals surface area contributed by atoms with Gasteiger partial charge in [-0.2, -0.15) is 4.73 Å². The normalized spacial score (nSPS) is 15.0. The van der Waals surface area contributed by atoms with E-state index >= 15 is 4.39 Å². The van der Waals surface area contributed by atoms with Crippen LogP contribution in [0.15, 0.2) is 53.8 Å². The molecule has 0 aliphatic carbocycles. The molecule has 1 aliphatic heterocycles. The van der Waals surface area contributed by atoms with Gasteiger partial charge >= 0.3 is 0 Å². The van der Waals surface area contributed by atoms with Gasteiger partial charge in [-0.1, -0.05) is 13.0 Å². The van der Waals surface area contributed by atoms with Gasteiger partial charge in [0.05, 0.1) is 16.6 Å². The Bertz CT molecular complexity index is 1160. The van der Waals surface area contributed by atoms with Gasteiger partial charge in [-0.3, -0.25) is 9.78 Å². The average molecular weight is 453 g/mol. The summed E-state index contributed by atoms with van der Waals surface area (Å²) in [5.74, 6) is 0.00971. The predicted molar refractivity (Wildman–Crippen MR) is 127 cm³/mol. The number of carbonyl (C=O) groups is 1. The van der Waals surface area contributed by atoms with E-state index in [2.05, 4.69) is 9.88 Å². The topological polar surface area (TPSA) is 63.4 Å². The second-order valence-electron chi connectivity index (χ2n) is 7.74. The second-order valence-corrected chi connectivity index (χ2v) is 9.01. The summed E-state index contributed by atoms with van der Waals surface area (Å²) in [7, 11) is 2.04. The van der Waals surface area contributed by atoms with Gasteiger partial charge in [0.15, 0.2) is 12.0 Å². The number of anilines is 1. The van der Waals surface area contributed by atoms with Gasteiger partial charge in [0, 0.05) is 38.6 Å². The lowest BCUT2D eigenvalue weighted by atomic mass is 10.1. The molecule has 0 bridgehead atoms. The molecule has 166 valence electrons. The summed E-state index contributed by atoms with van der Waals surface area (Å²) in [4.78, 5) is 21.5. The number of aromatic nitrogens is 2. The minimum absolute atomic E-state index is 0.215. The number of nitrogens with zero attached hydrogens (tertiary/aromatic N) is 4. The molecule has 1 fully saturated rings. The second kappa shape index (κ2) is 9.67. The molecular formula is C24H25FN4O2S. The van der Waals surface area contributed by atoms with Crippen LogP contribution in [0, 0.1) is 11.0 Å². The van der Waals surface area contributed by atoms with E-state index in [1.165, 1.54) is 30.1 Å². The Morgan fingerprint density at radius 3 is 2.78 bits per heavy atom. The molecule has 0 N–H and O–H groups in total. The van der Waals surface area contributed by atoms with Crippen LogP contribution in [-0.2, 0) is 0 Å². The quantitative estimate of drug-likeness (QED) is 0.187. The van der Waals surface area contributed by atoms with Crippen LogP contribution in [0.5, 0.6) is 0 Å². The Balaban J connectivity index is 1.75. The van der Waals surface area contributed by atoms with Crippen LogP contribution < -0.4 is 9.63 Å². The monoisotopic (exact) mass is 452 g/mol. The van der Waals surface area contributed by atoms with Gasteiger partial charge in [0.1, 0.15) is 10.7 Å². The highest BCUT2D eigenvalue weighted by Gasteiger charge is 2.27. The van der Waals surface area contributed by atoms with Crippen LogP contribution >= 0.6 is 11.8 Å². The first-order chi connectivity index (χ1) is 15.5. The Morgan fingerprint density at radius 1 is 1.31 bits per heavy atom. The first-order valence-electron chi connectivity index (χ1n) is 10.6. The van der Waals surface area contributed by atoms with Crippen molar-refractivity contribution in [3.8, 4) is 0 Å². The lowest BCUT2D eigenvalue weighted by Gasteiger charge is -2.35. The van der Waals surface area contributed by atoms with E-state index in [1.54, 1.807) is 30.6 Å². The Morgan fingerprint density at radius 2 is 2.09 bits per heavy atom. The van der Waals surface area contributed by atoms with Crippen molar-refractivity contribution in [3.05, 3.63) is 71.1 Å². The molecule has 0 saturated carbocycles. The molecule has 3 aromatic rings. The number of ketones is 1. The van der Waals surface area contributed by atoms with Gasteiger partial charge in [0.25, 0.3) is 0 Å². The highest BCUT2D eigenvalue weighted by molar-refractivity contribution is 7.99.